The van der Waals surface area contributed by atoms with Crippen LogP contribution in [0.3, 0.4) is 0 Å². The molecular formula is C13H14O2. The van der Waals surface area contributed by atoms with E-state index in [9.17, 15) is 5.11 Å². The van der Waals surface area contributed by atoms with Crippen molar-refractivity contribution < 1.29 is 9.84 Å². The molecule has 0 heterocycles. The Labute approximate surface area is 89.1 Å². The van der Waals surface area contributed by atoms with Gasteiger partial charge in [0.1, 0.15) is 11.5 Å². The second kappa shape index (κ2) is 3.81. The smallest absolute Gasteiger partial charge is 0.120 e. The number of rotatable bonds is 2. The third-order valence-electron chi connectivity index (χ3n) is 2.17. The van der Waals surface area contributed by atoms with Crippen LogP contribution in [-0.2, 0) is 0 Å². The number of hydrogen-bond donors (Lipinski definition) is 1. The molecule has 78 valence electrons. The molecule has 2 nitrogen and oxygen atoms in total. The molecule has 0 aliphatic rings. The predicted molar refractivity (Wildman–Crippen MR) is 61.4 cm³/mol. The van der Waals surface area contributed by atoms with Crippen LogP contribution in [0.15, 0.2) is 36.4 Å². The van der Waals surface area contributed by atoms with Gasteiger partial charge in [0.05, 0.1) is 6.10 Å². The van der Waals surface area contributed by atoms with E-state index in [1.165, 1.54) is 0 Å². The Kier molecular flexibility index (Phi) is 2.50. The number of hydrogen-bond acceptors (Lipinski definition) is 2. The summed E-state index contributed by atoms with van der Waals surface area (Å²) in [6.07, 6.45) is 0.180. The first-order valence-electron chi connectivity index (χ1n) is 5.04. The Morgan fingerprint density at radius 3 is 2.40 bits per heavy atom. The molecule has 0 aliphatic carbocycles. The molecule has 0 aromatic heterocycles. The monoisotopic (exact) mass is 202 g/mol. The molecule has 0 spiro atoms. The lowest BCUT2D eigenvalue weighted by Crippen LogP contribution is -2.05. The van der Waals surface area contributed by atoms with Gasteiger partial charge in [0.2, 0.25) is 0 Å². The second-order valence-electron chi connectivity index (χ2n) is 3.86. The number of phenols is 1. The van der Waals surface area contributed by atoms with Gasteiger partial charge in [-0.1, -0.05) is 12.1 Å². The minimum Gasteiger partial charge on any atom is -0.508 e. The van der Waals surface area contributed by atoms with E-state index in [0.717, 1.165) is 16.5 Å². The average molecular weight is 202 g/mol. The fourth-order valence-electron chi connectivity index (χ4n) is 1.56. The minimum absolute atomic E-state index is 0.180. The standard InChI is InChI=1S/C13H14O2/c1-9(2)15-13-6-4-10-7-12(14)5-3-11(10)8-13/h3-9,14H,1-2H3. The van der Waals surface area contributed by atoms with Crippen LogP contribution in [0, 0.1) is 0 Å². The molecule has 0 fully saturated rings. The molecule has 0 aliphatic heterocycles. The Morgan fingerprint density at radius 1 is 1.00 bits per heavy atom. The molecule has 0 atom stereocenters. The normalized spacial score (nSPS) is 10.9. The van der Waals surface area contributed by atoms with Crippen molar-refractivity contribution in [2.45, 2.75) is 20.0 Å². The molecule has 0 unspecified atom stereocenters. The van der Waals surface area contributed by atoms with Gasteiger partial charge in [-0.05, 0) is 48.9 Å². The molecule has 15 heavy (non-hydrogen) atoms. The van der Waals surface area contributed by atoms with Crippen LogP contribution in [0.25, 0.3) is 10.8 Å². The van der Waals surface area contributed by atoms with E-state index >= 15 is 0 Å². The van der Waals surface area contributed by atoms with Gasteiger partial charge < -0.3 is 9.84 Å². The fourth-order valence-corrected chi connectivity index (χ4v) is 1.56. The van der Waals surface area contributed by atoms with Gasteiger partial charge in [0.25, 0.3) is 0 Å². The van der Waals surface area contributed by atoms with Gasteiger partial charge in [0.15, 0.2) is 0 Å². The molecule has 0 saturated carbocycles. The van der Waals surface area contributed by atoms with E-state index in [-0.39, 0.29) is 6.10 Å². The van der Waals surface area contributed by atoms with Crippen molar-refractivity contribution in [1.29, 1.82) is 0 Å². The zero-order valence-corrected chi connectivity index (χ0v) is 8.90. The third kappa shape index (κ3) is 2.21. The lowest BCUT2D eigenvalue weighted by atomic mass is 10.1. The Bertz CT molecular complexity index is 475. The number of benzene rings is 2. The summed E-state index contributed by atoms with van der Waals surface area (Å²) in [6.45, 7) is 4.00. The van der Waals surface area contributed by atoms with Crippen LogP contribution in [0.4, 0.5) is 0 Å². The van der Waals surface area contributed by atoms with E-state index in [2.05, 4.69) is 0 Å². The zero-order chi connectivity index (χ0) is 10.8. The van der Waals surface area contributed by atoms with Gasteiger partial charge >= 0.3 is 0 Å². The SMILES string of the molecule is CC(C)Oc1ccc2cc(O)ccc2c1. The molecular weight excluding hydrogens is 188 g/mol. The fraction of sp³-hybridized carbons (Fsp3) is 0.231. The van der Waals surface area contributed by atoms with Gasteiger partial charge in [-0.2, -0.15) is 0 Å². The Hall–Kier alpha value is -1.70. The predicted octanol–water partition coefficient (Wildman–Crippen LogP) is 3.33. The summed E-state index contributed by atoms with van der Waals surface area (Å²) in [5.74, 6) is 1.16. The maximum Gasteiger partial charge on any atom is 0.120 e. The Morgan fingerprint density at radius 2 is 1.67 bits per heavy atom. The number of fused-ring (bicyclic) bond motifs is 1. The number of phenolic OH excluding ortho intramolecular Hbond substituents is 1. The van der Waals surface area contributed by atoms with Crippen LogP contribution in [0.1, 0.15) is 13.8 Å². The summed E-state index contributed by atoms with van der Waals surface area (Å²) in [5, 5.41) is 11.4. The van der Waals surface area contributed by atoms with Gasteiger partial charge in [-0.15, -0.1) is 0 Å². The number of ether oxygens (including phenoxy) is 1. The first kappa shape index (κ1) is 9.84. The van der Waals surface area contributed by atoms with E-state index in [0.29, 0.717) is 5.75 Å². The first-order chi connectivity index (χ1) is 7.15. The molecule has 1 N–H and O–H groups in total. The van der Waals surface area contributed by atoms with Crippen molar-refractivity contribution in [3.05, 3.63) is 36.4 Å². The summed E-state index contributed by atoms with van der Waals surface area (Å²) in [4.78, 5) is 0. The summed E-state index contributed by atoms with van der Waals surface area (Å²) in [5.41, 5.74) is 0. The topological polar surface area (TPSA) is 29.5 Å². The molecule has 2 rings (SSSR count). The maximum absolute atomic E-state index is 9.31. The van der Waals surface area contributed by atoms with Crippen molar-refractivity contribution in [2.24, 2.45) is 0 Å². The molecule has 2 aromatic carbocycles. The molecule has 2 aromatic rings. The summed E-state index contributed by atoms with van der Waals surface area (Å²) in [6, 6.07) is 11.2. The first-order valence-corrected chi connectivity index (χ1v) is 5.04. The minimum atomic E-state index is 0.180. The van der Waals surface area contributed by atoms with E-state index < -0.39 is 0 Å². The second-order valence-corrected chi connectivity index (χ2v) is 3.86. The molecule has 0 bridgehead atoms. The number of aromatic hydroxyl groups is 1. The Balaban J connectivity index is 2.43. The summed E-state index contributed by atoms with van der Waals surface area (Å²) in [7, 11) is 0. The highest BCUT2D eigenvalue weighted by atomic mass is 16.5. The van der Waals surface area contributed by atoms with Crippen molar-refractivity contribution in [3.63, 3.8) is 0 Å². The van der Waals surface area contributed by atoms with E-state index in [1.54, 1.807) is 12.1 Å². The van der Waals surface area contributed by atoms with Gasteiger partial charge in [-0.3, -0.25) is 0 Å². The lowest BCUT2D eigenvalue weighted by molar-refractivity contribution is 0.243. The van der Waals surface area contributed by atoms with Crippen molar-refractivity contribution in [1.82, 2.24) is 0 Å². The highest BCUT2D eigenvalue weighted by Gasteiger charge is 2.00. The lowest BCUT2D eigenvalue weighted by Gasteiger charge is -2.10. The van der Waals surface area contributed by atoms with Crippen molar-refractivity contribution in [3.8, 4) is 11.5 Å². The summed E-state index contributed by atoms with van der Waals surface area (Å²) >= 11 is 0. The van der Waals surface area contributed by atoms with Gasteiger partial charge in [0, 0.05) is 0 Å². The average Bonchev–Trinajstić information content (AvgIpc) is 2.17. The van der Waals surface area contributed by atoms with Crippen LogP contribution >= 0.6 is 0 Å². The quantitative estimate of drug-likeness (QED) is 0.809. The van der Waals surface area contributed by atoms with Crippen LogP contribution in [0.5, 0.6) is 11.5 Å². The van der Waals surface area contributed by atoms with Crippen molar-refractivity contribution >= 4 is 10.8 Å². The molecule has 0 saturated heterocycles. The zero-order valence-electron chi connectivity index (χ0n) is 8.90. The molecule has 0 amide bonds. The molecule has 2 heteroatoms. The van der Waals surface area contributed by atoms with E-state index in [1.807, 2.05) is 38.1 Å². The van der Waals surface area contributed by atoms with Crippen molar-refractivity contribution in [2.75, 3.05) is 0 Å². The van der Waals surface area contributed by atoms with Crippen LogP contribution in [-0.4, -0.2) is 11.2 Å². The largest absolute Gasteiger partial charge is 0.508 e. The molecule has 0 radical (unpaired) electrons. The maximum atomic E-state index is 9.31. The highest BCUT2D eigenvalue weighted by Crippen LogP contribution is 2.24. The summed E-state index contributed by atoms with van der Waals surface area (Å²) < 4.78 is 5.59. The third-order valence-corrected chi connectivity index (χ3v) is 2.17. The van der Waals surface area contributed by atoms with Crippen LogP contribution in [0.2, 0.25) is 0 Å². The van der Waals surface area contributed by atoms with Gasteiger partial charge in [-0.25, -0.2) is 0 Å². The van der Waals surface area contributed by atoms with E-state index in [4.69, 9.17) is 4.74 Å². The van der Waals surface area contributed by atoms with Crippen LogP contribution < -0.4 is 4.74 Å². The highest BCUT2D eigenvalue weighted by molar-refractivity contribution is 5.85.